The third-order valence-corrected chi connectivity index (χ3v) is 3.49. The zero-order chi connectivity index (χ0) is 18.2. The molecule has 0 aliphatic heterocycles. The Morgan fingerprint density at radius 1 is 1.08 bits per heavy atom. The SMILES string of the molecule is CCCC(=O)Nc1ccc(C(=O)COC(=O)c2ccc(Cl)nc2)cc1. The third-order valence-electron chi connectivity index (χ3n) is 3.27. The number of pyridine rings is 1. The van der Waals surface area contributed by atoms with Gasteiger partial charge in [0.05, 0.1) is 5.56 Å². The average molecular weight is 361 g/mol. The predicted octanol–water partition coefficient (Wildman–Crippen LogP) is 3.51. The van der Waals surface area contributed by atoms with Gasteiger partial charge in [-0.1, -0.05) is 18.5 Å². The lowest BCUT2D eigenvalue weighted by atomic mass is 10.1. The van der Waals surface area contributed by atoms with Crippen LogP contribution in [0, 0.1) is 0 Å². The standard InChI is InChI=1S/C18H17ClN2O4/c1-2-3-17(23)21-14-7-4-12(5-8-14)15(22)11-25-18(24)13-6-9-16(19)20-10-13/h4-10H,2-3,11H2,1H3,(H,21,23). The Morgan fingerprint density at radius 2 is 1.76 bits per heavy atom. The maximum atomic E-state index is 12.1. The molecule has 130 valence electrons. The first-order chi connectivity index (χ1) is 12.0. The zero-order valence-corrected chi connectivity index (χ0v) is 14.4. The summed E-state index contributed by atoms with van der Waals surface area (Å²) in [6.45, 7) is 1.53. The van der Waals surface area contributed by atoms with E-state index in [4.69, 9.17) is 16.3 Å². The molecule has 0 saturated carbocycles. The number of benzene rings is 1. The van der Waals surface area contributed by atoms with Gasteiger partial charge in [-0.2, -0.15) is 0 Å². The monoisotopic (exact) mass is 360 g/mol. The number of Topliss-reactive ketones (excluding diaryl/α,β-unsaturated/α-hetero) is 1. The van der Waals surface area contributed by atoms with Crippen molar-refractivity contribution in [2.24, 2.45) is 0 Å². The lowest BCUT2D eigenvalue weighted by Gasteiger charge is -2.07. The highest BCUT2D eigenvalue weighted by Crippen LogP contribution is 2.12. The molecule has 1 amide bonds. The Hall–Kier alpha value is -2.73. The number of halogens is 1. The van der Waals surface area contributed by atoms with E-state index in [0.29, 0.717) is 17.7 Å². The molecule has 2 aromatic rings. The first-order valence-electron chi connectivity index (χ1n) is 7.71. The maximum Gasteiger partial charge on any atom is 0.340 e. The molecular weight excluding hydrogens is 344 g/mol. The minimum Gasteiger partial charge on any atom is -0.454 e. The van der Waals surface area contributed by atoms with Gasteiger partial charge in [0.15, 0.2) is 12.4 Å². The van der Waals surface area contributed by atoms with E-state index < -0.39 is 5.97 Å². The van der Waals surface area contributed by atoms with Crippen molar-refractivity contribution < 1.29 is 19.1 Å². The first-order valence-corrected chi connectivity index (χ1v) is 8.09. The van der Waals surface area contributed by atoms with Crippen molar-refractivity contribution in [1.29, 1.82) is 0 Å². The van der Waals surface area contributed by atoms with E-state index in [1.807, 2.05) is 6.92 Å². The number of rotatable bonds is 7. The van der Waals surface area contributed by atoms with Crippen molar-refractivity contribution in [2.45, 2.75) is 19.8 Å². The van der Waals surface area contributed by atoms with Crippen LogP contribution in [0.15, 0.2) is 42.6 Å². The van der Waals surface area contributed by atoms with Gasteiger partial charge in [0.2, 0.25) is 5.91 Å². The molecule has 0 atom stereocenters. The van der Waals surface area contributed by atoms with Crippen LogP contribution in [0.25, 0.3) is 0 Å². The molecular formula is C18H17ClN2O4. The number of ether oxygens (including phenoxy) is 1. The Morgan fingerprint density at radius 3 is 2.36 bits per heavy atom. The minimum atomic E-state index is -0.652. The van der Waals surface area contributed by atoms with Gasteiger partial charge in [0, 0.05) is 23.9 Å². The van der Waals surface area contributed by atoms with Crippen LogP contribution in [0.5, 0.6) is 0 Å². The highest BCUT2D eigenvalue weighted by atomic mass is 35.5. The van der Waals surface area contributed by atoms with E-state index in [1.54, 1.807) is 24.3 Å². The van der Waals surface area contributed by atoms with E-state index in [0.717, 1.165) is 6.42 Å². The first kappa shape index (κ1) is 18.6. The van der Waals surface area contributed by atoms with E-state index in [9.17, 15) is 14.4 Å². The number of nitrogens with zero attached hydrogens (tertiary/aromatic N) is 1. The van der Waals surface area contributed by atoms with E-state index in [-0.39, 0.29) is 29.0 Å². The number of hydrogen-bond acceptors (Lipinski definition) is 5. The minimum absolute atomic E-state index is 0.0768. The number of carbonyl (C=O) groups excluding carboxylic acids is 3. The number of carbonyl (C=O) groups is 3. The lowest BCUT2D eigenvalue weighted by molar-refractivity contribution is -0.116. The van der Waals surface area contributed by atoms with Gasteiger partial charge < -0.3 is 10.1 Å². The smallest absolute Gasteiger partial charge is 0.340 e. The Labute approximate surface area is 150 Å². The molecule has 0 aliphatic carbocycles. The number of amides is 1. The van der Waals surface area contributed by atoms with Crippen LogP contribution in [0.4, 0.5) is 5.69 Å². The van der Waals surface area contributed by atoms with Crippen molar-refractivity contribution >= 4 is 34.9 Å². The number of hydrogen-bond donors (Lipinski definition) is 1. The molecule has 7 heteroatoms. The van der Waals surface area contributed by atoms with Gasteiger partial charge in [-0.3, -0.25) is 9.59 Å². The van der Waals surface area contributed by atoms with Crippen LogP contribution in [-0.4, -0.2) is 29.3 Å². The highest BCUT2D eigenvalue weighted by Gasteiger charge is 2.12. The number of aromatic nitrogens is 1. The average Bonchev–Trinajstić information content (AvgIpc) is 2.61. The Kier molecular flexibility index (Phi) is 6.65. The second kappa shape index (κ2) is 8.94. The van der Waals surface area contributed by atoms with Crippen LogP contribution in [-0.2, 0) is 9.53 Å². The summed E-state index contributed by atoms with van der Waals surface area (Å²) in [7, 11) is 0. The molecule has 0 unspecified atom stereocenters. The van der Waals surface area contributed by atoms with Crippen molar-refractivity contribution in [3.8, 4) is 0 Å². The van der Waals surface area contributed by atoms with E-state index >= 15 is 0 Å². The molecule has 0 aliphatic rings. The van der Waals surface area contributed by atoms with Gasteiger partial charge in [-0.05, 0) is 42.8 Å². The largest absolute Gasteiger partial charge is 0.454 e. The second-order valence-corrected chi connectivity index (χ2v) is 5.63. The lowest BCUT2D eigenvalue weighted by Crippen LogP contribution is -2.15. The van der Waals surface area contributed by atoms with Crippen LogP contribution >= 0.6 is 11.6 Å². The van der Waals surface area contributed by atoms with Gasteiger partial charge in [0.1, 0.15) is 5.15 Å². The maximum absolute atomic E-state index is 12.1. The Balaban J connectivity index is 1.89. The molecule has 25 heavy (non-hydrogen) atoms. The number of esters is 1. The number of ketones is 1. The fourth-order valence-corrected chi connectivity index (χ4v) is 2.10. The molecule has 6 nitrogen and oxygen atoms in total. The predicted molar refractivity (Wildman–Crippen MR) is 93.8 cm³/mol. The molecule has 1 aromatic heterocycles. The summed E-state index contributed by atoms with van der Waals surface area (Å²) in [6.07, 6.45) is 2.48. The molecule has 1 aromatic carbocycles. The third kappa shape index (κ3) is 5.69. The second-order valence-electron chi connectivity index (χ2n) is 5.24. The highest BCUT2D eigenvalue weighted by molar-refractivity contribution is 6.29. The molecule has 0 radical (unpaired) electrons. The molecule has 0 saturated heterocycles. The van der Waals surface area contributed by atoms with E-state index in [1.165, 1.54) is 18.3 Å². The quantitative estimate of drug-likeness (QED) is 0.464. The van der Waals surface area contributed by atoms with Crippen molar-refractivity contribution in [2.75, 3.05) is 11.9 Å². The fourth-order valence-electron chi connectivity index (χ4n) is 1.98. The van der Waals surface area contributed by atoms with Crippen molar-refractivity contribution in [1.82, 2.24) is 4.98 Å². The topological polar surface area (TPSA) is 85.4 Å². The molecule has 0 bridgehead atoms. The van der Waals surface area contributed by atoms with Crippen molar-refractivity contribution in [3.63, 3.8) is 0 Å². The summed E-state index contributed by atoms with van der Waals surface area (Å²) in [5, 5.41) is 2.99. The molecule has 1 heterocycles. The summed E-state index contributed by atoms with van der Waals surface area (Å²) >= 11 is 5.64. The number of nitrogens with one attached hydrogen (secondary N) is 1. The molecule has 0 spiro atoms. The summed E-state index contributed by atoms with van der Waals surface area (Å²) in [4.78, 5) is 39.2. The number of anilines is 1. The molecule has 1 N–H and O–H groups in total. The normalized spacial score (nSPS) is 10.2. The van der Waals surface area contributed by atoms with Gasteiger partial charge in [-0.25, -0.2) is 9.78 Å². The summed E-state index contributed by atoms with van der Waals surface area (Å²) in [5.74, 6) is -1.07. The van der Waals surface area contributed by atoms with Crippen molar-refractivity contribution in [3.05, 3.63) is 58.9 Å². The molecule has 2 rings (SSSR count). The van der Waals surface area contributed by atoms with Crippen LogP contribution in [0.3, 0.4) is 0 Å². The van der Waals surface area contributed by atoms with Gasteiger partial charge in [0.25, 0.3) is 0 Å². The summed E-state index contributed by atoms with van der Waals surface area (Å²) < 4.78 is 4.97. The fraction of sp³-hybridized carbons (Fsp3) is 0.222. The summed E-state index contributed by atoms with van der Waals surface area (Å²) in [5.41, 5.74) is 1.21. The Bertz CT molecular complexity index is 758. The van der Waals surface area contributed by atoms with Gasteiger partial charge >= 0.3 is 5.97 Å². The van der Waals surface area contributed by atoms with Gasteiger partial charge in [-0.15, -0.1) is 0 Å². The summed E-state index contributed by atoms with van der Waals surface area (Å²) in [6, 6.07) is 9.34. The van der Waals surface area contributed by atoms with Crippen LogP contribution < -0.4 is 5.32 Å². The van der Waals surface area contributed by atoms with Crippen LogP contribution in [0.1, 0.15) is 40.5 Å². The molecule has 0 fully saturated rings. The zero-order valence-electron chi connectivity index (χ0n) is 13.6. The van der Waals surface area contributed by atoms with Crippen LogP contribution in [0.2, 0.25) is 5.15 Å². The van der Waals surface area contributed by atoms with E-state index in [2.05, 4.69) is 10.3 Å².